The third-order valence-electron chi connectivity index (χ3n) is 4.44. The van der Waals surface area contributed by atoms with Crippen molar-refractivity contribution >= 4 is 0 Å². The highest BCUT2D eigenvalue weighted by Gasteiger charge is 2.23. The molecule has 2 rings (SSSR count). The molecule has 118 valence electrons. The molecule has 0 unspecified atom stereocenters. The minimum absolute atomic E-state index is 0.313. The van der Waals surface area contributed by atoms with Gasteiger partial charge >= 0.3 is 0 Å². The van der Waals surface area contributed by atoms with Gasteiger partial charge in [0.05, 0.1) is 0 Å². The van der Waals surface area contributed by atoms with Gasteiger partial charge in [-0.2, -0.15) is 0 Å². The lowest BCUT2D eigenvalue weighted by Crippen LogP contribution is -2.11. The number of hydrogen-bond donors (Lipinski definition) is 2. The maximum absolute atomic E-state index is 9.53. The molecular formula is C20H26O2. The first-order chi connectivity index (χ1) is 10.7. The second kappa shape index (κ2) is 7.88. The van der Waals surface area contributed by atoms with Crippen LogP contribution in [0, 0.1) is 0 Å². The monoisotopic (exact) mass is 298 g/mol. The quantitative estimate of drug-likeness (QED) is 0.702. The molecule has 0 aromatic heterocycles. The molecule has 2 aromatic carbocycles. The van der Waals surface area contributed by atoms with E-state index in [0.29, 0.717) is 23.3 Å². The fourth-order valence-electron chi connectivity index (χ4n) is 3.22. The summed E-state index contributed by atoms with van der Waals surface area (Å²) < 4.78 is 0. The maximum Gasteiger partial charge on any atom is 0.115 e. The van der Waals surface area contributed by atoms with Crippen molar-refractivity contribution in [3.05, 3.63) is 59.7 Å². The molecule has 0 aliphatic heterocycles. The van der Waals surface area contributed by atoms with E-state index in [-0.39, 0.29) is 0 Å². The Morgan fingerprint density at radius 3 is 1.59 bits per heavy atom. The average Bonchev–Trinajstić information content (AvgIpc) is 2.54. The van der Waals surface area contributed by atoms with E-state index in [1.54, 1.807) is 24.3 Å². The summed E-state index contributed by atoms with van der Waals surface area (Å²) in [7, 11) is 0. The van der Waals surface area contributed by atoms with E-state index in [0.717, 1.165) is 12.8 Å². The van der Waals surface area contributed by atoms with E-state index in [9.17, 15) is 10.2 Å². The number of benzene rings is 2. The molecule has 2 atom stereocenters. The summed E-state index contributed by atoms with van der Waals surface area (Å²) in [5, 5.41) is 19.0. The minimum atomic E-state index is 0.313. The average molecular weight is 298 g/mol. The van der Waals surface area contributed by atoms with Crippen molar-refractivity contribution in [2.45, 2.75) is 51.4 Å². The standard InChI is InChI=1S/C20H26O2/c1-3-5-6-20(16-9-13-18(22)14-10-16)19(4-2)15-7-11-17(21)12-8-15/h7-14,19-22H,3-6H2,1-2H3/t19-,20+/m1/s1. The van der Waals surface area contributed by atoms with E-state index in [2.05, 4.69) is 13.8 Å². The second-order valence-corrected chi connectivity index (χ2v) is 5.95. The van der Waals surface area contributed by atoms with Crippen molar-refractivity contribution in [1.82, 2.24) is 0 Å². The molecule has 0 bridgehead atoms. The number of phenols is 2. The van der Waals surface area contributed by atoms with Gasteiger partial charge in [0.15, 0.2) is 0 Å². The van der Waals surface area contributed by atoms with Gasteiger partial charge in [-0.3, -0.25) is 0 Å². The molecule has 0 spiro atoms. The Kier molecular flexibility index (Phi) is 5.88. The molecule has 2 nitrogen and oxygen atoms in total. The maximum atomic E-state index is 9.53. The third kappa shape index (κ3) is 4.03. The van der Waals surface area contributed by atoms with Crippen molar-refractivity contribution in [1.29, 1.82) is 0 Å². The highest BCUT2D eigenvalue weighted by molar-refractivity contribution is 5.34. The fraction of sp³-hybridized carbons (Fsp3) is 0.400. The predicted octanol–water partition coefficient (Wildman–Crippen LogP) is 5.57. The first-order valence-corrected chi connectivity index (χ1v) is 8.23. The summed E-state index contributed by atoms with van der Waals surface area (Å²) in [4.78, 5) is 0. The highest BCUT2D eigenvalue weighted by Crippen LogP contribution is 2.39. The van der Waals surface area contributed by atoms with Gasteiger partial charge in [-0.1, -0.05) is 51.0 Å². The lowest BCUT2D eigenvalue weighted by atomic mass is 9.77. The van der Waals surface area contributed by atoms with Crippen LogP contribution in [-0.2, 0) is 0 Å². The van der Waals surface area contributed by atoms with Crippen LogP contribution in [0.5, 0.6) is 11.5 Å². The van der Waals surface area contributed by atoms with Gasteiger partial charge in [0, 0.05) is 0 Å². The number of phenolic OH excluding ortho intramolecular Hbond substituents is 2. The molecule has 0 radical (unpaired) electrons. The van der Waals surface area contributed by atoms with Crippen molar-refractivity contribution in [2.75, 3.05) is 0 Å². The summed E-state index contributed by atoms with van der Waals surface area (Å²) in [6.07, 6.45) is 4.57. The number of hydrogen-bond acceptors (Lipinski definition) is 2. The van der Waals surface area contributed by atoms with Crippen molar-refractivity contribution in [2.24, 2.45) is 0 Å². The summed E-state index contributed by atoms with van der Waals surface area (Å²) in [5.41, 5.74) is 2.56. The van der Waals surface area contributed by atoms with Crippen LogP contribution in [0.2, 0.25) is 0 Å². The summed E-state index contributed by atoms with van der Waals surface area (Å²) in [6.45, 7) is 4.44. The van der Waals surface area contributed by atoms with E-state index >= 15 is 0 Å². The topological polar surface area (TPSA) is 40.5 Å². The number of aromatic hydroxyl groups is 2. The van der Waals surface area contributed by atoms with Crippen molar-refractivity contribution in [3.63, 3.8) is 0 Å². The molecule has 0 heterocycles. The van der Waals surface area contributed by atoms with Crippen LogP contribution in [0.3, 0.4) is 0 Å². The van der Waals surface area contributed by atoms with Crippen LogP contribution in [0.1, 0.15) is 62.5 Å². The van der Waals surface area contributed by atoms with Gasteiger partial charge in [-0.25, -0.2) is 0 Å². The van der Waals surface area contributed by atoms with Crippen LogP contribution in [-0.4, -0.2) is 10.2 Å². The number of rotatable bonds is 7. The van der Waals surface area contributed by atoms with E-state index in [1.165, 1.54) is 24.0 Å². The largest absolute Gasteiger partial charge is 0.508 e. The molecule has 0 fully saturated rings. The zero-order valence-electron chi connectivity index (χ0n) is 13.5. The molecule has 2 aromatic rings. The smallest absolute Gasteiger partial charge is 0.115 e. The van der Waals surface area contributed by atoms with E-state index in [4.69, 9.17) is 0 Å². The lowest BCUT2D eigenvalue weighted by Gasteiger charge is -2.27. The van der Waals surface area contributed by atoms with Crippen molar-refractivity contribution < 1.29 is 10.2 Å². The van der Waals surface area contributed by atoms with Crippen LogP contribution in [0.15, 0.2) is 48.5 Å². The molecule has 0 aliphatic rings. The van der Waals surface area contributed by atoms with Gasteiger partial charge in [0.2, 0.25) is 0 Å². The Balaban J connectivity index is 2.32. The van der Waals surface area contributed by atoms with Crippen LogP contribution < -0.4 is 0 Å². The van der Waals surface area contributed by atoms with Gasteiger partial charge in [0.1, 0.15) is 11.5 Å². The molecule has 0 saturated carbocycles. The van der Waals surface area contributed by atoms with Crippen molar-refractivity contribution in [3.8, 4) is 11.5 Å². The normalized spacial score (nSPS) is 13.7. The summed E-state index contributed by atoms with van der Waals surface area (Å²) in [6, 6.07) is 15.2. The number of unbranched alkanes of at least 4 members (excludes halogenated alkanes) is 1. The second-order valence-electron chi connectivity index (χ2n) is 5.95. The third-order valence-corrected chi connectivity index (χ3v) is 4.44. The van der Waals surface area contributed by atoms with Crippen LogP contribution in [0.4, 0.5) is 0 Å². The first-order valence-electron chi connectivity index (χ1n) is 8.23. The van der Waals surface area contributed by atoms with E-state index < -0.39 is 0 Å². The Bertz CT molecular complexity index is 557. The summed E-state index contributed by atoms with van der Waals surface area (Å²) in [5.74, 6) is 1.50. The van der Waals surface area contributed by atoms with Gasteiger partial charge in [-0.05, 0) is 60.1 Å². The Hall–Kier alpha value is -1.96. The highest BCUT2D eigenvalue weighted by atomic mass is 16.3. The Morgan fingerprint density at radius 2 is 1.18 bits per heavy atom. The molecule has 0 saturated heterocycles. The van der Waals surface area contributed by atoms with Gasteiger partial charge in [0.25, 0.3) is 0 Å². The summed E-state index contributed by atoms with van der Waals surface area (Å²) >= 11 is 0. The molecule has 2 N–H and O–H groups in total. The minimum Gasteiger partial charge on any atom is -0.508 e. The molecule has 2 heteroatoms. The van der Waals surface area contributed by atoms with Gasteiger partial charge in [-0.15, -0.1) is 0 Å². The first kappa shape index (κ1) is 16.4. The van der Waals surface area contributed by atoms with Crippen LogP contribution in [0.25, 0.3) is 0 Å². The lowest BCUT2D eigenvalue weighted by molar-refractivity contribution is 0.462. The molecular weight excluding hydrogens is 272 g/mol. The zero-order chi connectivity index (χ0) is 15.9. The molecule has 22 heavy (non-hydrogen) atoms. The Morgan fingerprint density at radius 1 is 0.727 bits per heavy atom. The zero-order valence-corrected chi connectivity index (χ0v) is 13.5. The predicted molar refractivity (Wildman–Crippen MR) is 91.5 cm³/mol. The van der Waals surface area contributed by atoms with Gasteiger partial charge < -0.3 is 10.2 Å². The SMILES string of the molecule is CCCC[C@@H](c1ccc(O)cc1)[C@H](CC)c1ccc(O)cc1. The Labute approximate surface area is 133 Å². The molecule has 0 amide bonds. The molecule has 0 aliphatic carbocycles. The van der Waals surface area contributed by atoms with Crippen LogP contribution >= 0.6 is 0 Å². The van der Waals surface area contributed by atoms with E-state index in [1.807, 2.05) is 24.3 Å². The fourth-order valence-corrected chi connectivity index (χ4v) is 3.22.